The molecule has 7 nitrogen and oxygen atoms in total. The molecule has 0 N–H and O–H groups in total. The molecule has 2 atom stereocenters. The van der Waals surface area contributed by atoms with Gasteiger partial charge in [0.15, 0.2) is 0 Å². The van der Waals surface area contributed by atoms with Crippen molar-refractivity contribution < 1.29 is 28.2 Å². The first-order chi connectivity index (χ1) is 13.6. The summed E-state index contributed by atoms with van der Waals surface area (Å²) in [5.41, 5.74) is -1.69. The molecule has 1 aliphatic carbocycles. The number of fused-ring (bicyclic) bond motifs is 3. The van der Waals surface area contributed by atoms with E-state index in [-0.39, 0.29) is 12.6 Å². The van der Waals surface area contributed by atoms with Gasteiger partial charge in [-0.05, 0) is 44.4 Å². The van der Waals surface area contributed by atoms with Crippen molar-refractivity contribution in [2.45, 2.75) is 52.7 Å². The Hall–Kier alpha value is -2.83. The van der Waals surface area contributed by atoms with Gasteiger partial charge in [-0.25, -0.2) is 9.59 Å². The number of hydrogen-bond acceptors (Lipinski definition) is 7. The number of methoxy groups -OCH3 is 1. The molecular weight excluding hydrogens is 376 g/mol. The molecule has 154 valence electrons. The molecular formula is C22H24O7. The lowest BCUT2D eigenvalue weighted by Crippen LogP contribution is -2.48. The molecule has 1 aliphatic heterocycles. The van der Waals surface area contributed by atoms with Crippen LogP contribution in [-0.4, -0.2) is 24.6 Å². The minimum absolute atomic E-state index is 0.169. The van der Waals surface area contributed by atoms with Crippen molar-refractivity contribution in [3.63, 3.8) is 0 Å². The fourth-order valence-electron chi connectivity index (χ4n) is 4.71. The summed E-state index contributed by atoms with van der Waals surface area (Å²) in [5.74, 6) is -0.517. The molecule has 2 unspecified atom stereocenters. The zero-order valence-corrected chi connectivity index (χ0v) is 17.2. The van der Waals surface area contributed by atoms with Crippen LogP contribution in [0.25, 0.3) is 11.0 Å². The lowest BCUT2D eigenvalue weighted by Gasteiger charge is -2.34. The van der Waals surface area contributed by atoms with Crippen LogP contribution in [0.1, 0.15) is 44.7 Å². The third kappa shape index (κ3) is 2.39. The van der Waals surface area contributed by atoms with E-state index in [1.54, 1.807) is 19.1 Å². The maximum atomic E-state index is 13.1. The van der Waals surface area contributed by atoms with E-state index in [9.17, 15) is 14.4 Å². The first kappa shape index (κ1) is 19.5. The summed E-state index contributed by atoms with van der Waals surface area (Å²) in [5, 5.41) is 0.732. The van der Waals surface area contributed by atoms with Gasteiger partial charge in [-0.3, -0.25) is 4.79 Å². The number of benzene rings is 1. The Balaban J connectivity index is 1.70. The summed E-state index contributed by atoms with van der Waals surface area (Å²) >= 11 is 0. The number of rotatable bonds is 4. The maximum absolute atomic E-state index is 13.1. The van der Waals surface area contributed by atoms with Gasteiger partial charge in [0.1, 0.15) is 17.9 Å². The summed E-state index contributed by atoms with van der Waals surface area (Å²) in [4.78, 5) is 37.4. The highest BCUT2D eigenvalue weighted by Crippen LogP contribution is 2.65. The number of carbonyl (C=O) groups excluding carboxylic acids is 2. The molecule has 29 heavy (non-hydrogen) atoms. The maximum Gasteiger partial charge on any atom is 0.351 e. The van der Waals surface area contributed by atoms with E-state index in [0.29, 0.717) is 29.7 Å². The molecule has 2 aromatic rings. The monoisotopic (exact) mass is 400 g/mol. The molecule has 2 bridgehead atoms. The lowest BCUT2D eigenvalue weighted by atomic mass is 9.66. The van der Waals surface area contributed by atoms with Crippen LogP contribution in [0.3, 0.4) is 0 Å². The summed E-state index contributed by atoms with van der Waals surface area (Å²) in [7, 11) is 1.49. The molecule has 7 heteroatoms. The fourth-order valence-corrected chi connectivity index (χ4v) is 4.71. The van der Waals surface area contributed by atoms with E-state index in [0.717, 1.165) is 10.9 Å². The van der Waals surface area contributed by atoms with E-state index in [1.165, 1.54) is 13.2 Å². The Morgan fingerprint density at radius 2 is 1.90 bits per heavy atom. The van der Waals surface area contributed by atoms with Crippen molar-refractivity contribution in [3.05, 3.63) is 39.7 Å². The van der Waals surface area contributed by atoms with Gasteiger partial charge < -0.3 is 18.6 Å². The Bertz CT molecular complexity index is 1100. The molecule has 0 radical (unpaired) electrons. The van der Waals surface area contributed by atoms with E-state index in [4.69, 9.17) is 18.6 Å². The van der Waals surface area contributed by atoms with Gasteiger partial charge in [-0.15, -0.1) is 0 Å². The molecule has 1 aromatic heterocycles. The first-order valence-corrected chi connectivity index (χ1v) is 9.58. The zero-order chi connectivity index (χ0) is 21.2. The normalized spacial score (nSPS) is 27.1. The summed E-state index contributed by atoms with van der Waals surface area (Å²) in [6.45, 7) is 7.21. The van der Waals surface area contributed by atoms with Gasteiger partial charge >= 0.3 is 17.6 Å². The average Bonchev–Trinajstić information content (AvgIpc) is 2.96. The van der Waals surface area contributed by atoms with Crippen LogP contribution in [0.2, 0.25) is 0 Å². The van der Waals surface area contributed by atoms with Crippen LogP contribution < -0.4 is 10.4 Å². The Kier molecular flexibility index (Phi) is 4.09. The highest BCUT2D eigenvalue weighted by atomic mass is 16.6. The highest BCUT2D eigenvalue weighted by Gasteiger charge is 2.76. The van der Waals surface area contributed by atoms with Crippen molar-refractivity contribution in [1.29, 1.82) is 0 Å². The quantitative estimate of drug-likeness (QED) is 0.574. The predicted molar refractivity (Wildman–Crippen MR) is 104 cm³/mol. The smallest absolute Gasteiger partial charge is 0.351 e. The molecule has 2 fully saturated rings. The third-order valence-corrected chi connectivity index (χ3v) is 7.16. The van der Waals surface area contributed by atoms with Gasteiger partial charge in [0.2, 0.25) is 5.60 Å². The van der Waals surface area contributed by atoms with Gasteiger partial charge in [0.25, 0.3) is 0 Å². The first-order valence-electron chi connectivity index (χ1n) is 9.58. The summed E-state index contributed by atoms with van der Waals surface area (Å²) < 4.78 is 22.0. The van der Waals surface area contributed by atoms with Crippen LogP contribution in [-0.2, 0) is 25.7 Å². The van der Waals surface area contributed by atoms with Crippen molar-refractivity contribution in [2.24, 2.45) is 10.8 Å². The third-order valence-electron chi connectivity index (χ3n) is 7.16. The van der Waals surface area contributed by atoms with Crippen LogP contribution in [0.15, 0.2) is 27.4 Å². The van der Waals surface area contributed by atoms with E-state index >= 15 is 0 Å². The largest absolute Gasteiger partial charge is 0.496 e. The van der Waals surface area contributed by atoms with Crippen molar-refractivity contribution >= 4 is 22.9 Å². The fraction of sp³-hybridized carbons (Fsp3) is 0.500. The number of esters is 2. The molecule has 0 amide bonds. The SMILES string of the molecule is COc1ccc2c(C)cc(=O)oc2c1COC(=O)C12CCC(C)(C(=O)O1)C2(C)C. The summed E-state index contributed by atoms with van der Waals surface area (Å²) in [6.07, 6.45) is 0.988. The van der Waals surface area contributed by atoms with Crippen molar-refractivity contribution in [2.75, 3.05) is 7.11 Å². The number of carbonyl (C=O) groups is 2. The second kappa shape index (κ2) is 6.08. The standard InChI is InChI=1S/C22H24O7/c1-12-10-16(23)28-17-13(12)6-7-15(26-5)14(17)11-27-19(25)22-9-8-21(4,18(24)29-22)20(22,2)3/h6-7,10H,8-9,11H2,1-5H3. The molecule has 2 heterocycles. The molecule has 1 saturated carbocycles. The highest BCUT2D eigenvalue weighted by molar-refractivity contribution is 5.94. The molecule has 1 aromatic carbocycles. The van der Waals surface area contributed by atoms with Crippen LogP contribution >= 0.6 is 0 Å². The Morgan fingerprint density at radius 1 is 1.17 bits per heavy atom. The predicted octanol–water partition coefficient (Wildman–Crippen LogP) is 3.28. The molecule has 0 spiro atoms. The number of hydrogen-bond donors (Lipinski definition) is 0. The van der Waals surface area contributed by atoms with E-state index < -0.39 is 28.0 Å². The van der Waals surface area contributed by atoms with Crippen LogP contribution in [0, 0.1) is 17.8 Å². The second-order valence-corrected chi connectivity index (χ2v) is 8.62. The number of aryl methyl sites for hydroxylation is 1. The van der Waals surface area contributed by atoms with E-state index in [1.807, 2.05) is 20.8 Å². The topological polar surface area (TPSA) is 92.0 Å². The van der Waals surface area contributed by atoms with Crippen LogP contribution in [0.4, 0.5) is 0 Å². The van der Waals surface area contributed by atoms with Crippen LogP contribution in [0.5, 0.6) is 5.75 Å². The van der Waals surface area contributed by atoms with Gasteiger partial charge in [-0.2, -0.15) is 0 Å². The van der Waals surface area contributed by atoms with Crippen molar-refractivity contribution in [3.8, 4) is 5.75 Å². The van der Waals surface area contributed by atoms with Crippen molar-refractivity contribution in [1.82, 2.24) is 0 Å². The van der Waals surface area contributed by atoms with Gasteiger partial charge in [-0.1, -0.05) is 13.8 Å². The second-order valence-electron chi connectivity index (χ2n) is 8.62. The lowest BCUT2D eigenvalue weighted by molar-refractivity contribution is -0.184. The number of ether oxygens (including phenoxy) is 3. The van der Waals surface area contributed by atoms with Gasteiger partial charge in [0, 0.05) is 16.9 Å². The van der Waals surface area contributed by atoms with E-state index in [2.05, 4.69) is 0 Å². The zero-order valence-electron chi connectivity index (χ0n) is 17.2. The Labute approximate surface area is 167 Å². The molecule has 2 aliphatic rings. The minimum Gasteiger partial charge on any atom is -0.496 e. The average molecular weight is 400 g/mol. The molecule has 4 rings (SSSR count). The van der Waals surface area contributed by atoms with Gasteiger partial charge in [0.05, 0.1) is 18.1 Å². The summed E-state index contributed by atoms with van der Waals surface area (Å²) in [6, 6.07) is 4.94. The molecule has 1 saturated heterocycles. The Morgan fingerprint density at radius 3 is 2.48 bits per heavy atom. The minimum atomic E-state index is -1.31.